The molecule has 74 valence electrons. The zero-order valence-electron chi connectivity index (χ0n) is 8.62. The fourth-order valence-electron chi connectivity index (χ4n) is 1.94. The third kappa shape index (κ3) is 1.85. The largest absolute Gasteiger partial charge is 0.404 e. The van der Waals surface area contributed by atoms with Gasteiger partial charge in [-0.05, 0) is 17.8 Å². The van der Waals surface area contributed by atoms with Crippen LogP contribution in [0.1, 0.15) is 20.8 Å². The van der Waals surface area contributed by atoms with Gasteiger partial charge in [-0.3, -0.25) is 4.99 Å². The van der Waals surface area contributed by atoms with Gasteiger partial charge in [-0.25, -0.2) is 0 Å². The summed E-state index contributed by atoms with van der Waals surface area (Å²) in [6.45, 7) is 7.44. The van der Waals surface area contributed by atoms with Crippen LogP contribution in [0.2, 0.25) is 0 Å². The van der Waals surface area contributed by atoms with Gasteiger partial charge in [-0.2, -0.15) is 0 Å². The lowest BCUT2D eigenvalue weighted by Gasteiger charge is -2.31. The van der Waals surface area contributed by atoms with Gasteiger partial charge in [0.05, 0.1) is 0 Å². The van der Waals surface area contributed by atoms with Crippen molar-refractivity contribution in [2.45, 2.75) is 20.8 Å². The van der Waals surface area contributed by atoms with E-state index in [-0.39, 0.29) is 0 Å². The number of aliphatic imine (C=N–C) groups is 1. The number of nitrogens with zero attached hydrogens (tertiary/aromatic N) is 1. The Morgan fingerprint density at radius 1 is 1.54 bits per heavy atom. The molecule has 1 unspecified atom stereocenters. The summed E-state index contributed by atoms with van der Waals surface area (Å²) in [6, 6.07) is 0. The fraction of sp³-hybridized carbons (Fsp3) is 0.700. The Morgan fingerprint density at radius 2 is 2.15 bits per heavy atom. The lowest BCUT2D eigenvalue weighted by Crippen LogP contribution is -2.34. The number of rotatable bonds is 1. The third-order valence-corrected chi connectivity index (χ3v) is 2.94. The first-order valence-electron chi connectivity index (χ1n) is 4.80. The van der Waals surface area contributed by atoms with E-state index in [1.54, 1.807) is 6.20 Å². The molecular formula is C10H19N3. The summed E-state index contributed by atoms with van der Waals surface area (Å²) in [4.78, 5) is 4.28. The fourth-order valence-corrected chi connectivity index (χ4v) is 1.94. The lowest BCUT2D eigenvalue weighted by atomic mass is 9.78. The van der Waals surface area contributed by atoms with Crippen molar-refractivity contribution < 1.29 is 0 Å². The van der Waals surface area contributed by atoms with Crippen molar-refractivity contribution in [3.05, 3.63) is 11.8 Å². The minimum atomic E-state index is 0.433. The van der Waals surface area contributed by atoms with Crippen LogP contribution in [0.15, 0.2) is 16.8 Å². The number of nitrogens with two attached hydrogens (primary N) is 2. The standard InChI is InChI=1S/C10H19N3/c1-6(2)9-5-13-10(12)8(4-11)7(9)3/h4,6-7,9H,5,11H2,1-3H3,(H2,12,13)/b8-4+/t7?,9-/m0/s1. The highest BCUT2D eigenvalue weighted by Crippen LogP contribution is 2.30. The van der Waals surface area contributed by atoms with Crippen LogP contribution in [0.25, 0.3) is 0 Å². The maximum atomic E-state index is 5.74. The van der Waals surface area contributed by atoms with Gasteiger partial charge in [0.2, 0.25) is 0 Å². The van der Waals surface area contributed by atoms with Crippen molar-refractivity contribution in [2.24, 2.45) is 34.2 Å². The topological polar surface area (TPSA) is 64.4 Å². The predicted octanol–water partition coefficient (Wildman–Crippen LogP) is 1.11. The van der Waals surface area contributed by atoms with E-state index in [2.05, 4.69) is 25.8 Å². The zero-order chi connectivity index (χ0) is 10.0. The summed E-state index contributed by atoms with van der Waals surface area (Å²) >= 11 is 0. The van der Waals surface area contributed by atoms with Gasteiger partial charge >= 0.3 is 0 Å². The normalized spacial score (nSPS) is 32.3. The van der Waals surface area contributed by atoms with Gasteiger partial charge in [0, 0.05) is 18.3 Å². The first kappa shape index (κ1) is 10.1. The molecular weight excluding hydrogens is 162 g/mol. The molecule has 1 rings (SSSR count). The molecule has 2 atom stereocenters. The van der Waals surface area contributed by atoms with Crippen molar-refractivity contribution in [1.82, 2.24) is 0 Å². The number of hydrogen-bond donors (Lipinski definition) is 2. The Morgan fingerprint density at radius 3 is 2.62 bits per heavy atom. The smallest absolute Gasteiger partial charge is 0.123 e. The van der Waals surface area contributed by atoms with Crippen LogP contribution >= 0.6 is 0 Å². The van der Waals surface area contributed by atoms with Gasteiger partial charge in [0.25, 0.3) is 0 Å². The van der Waals surface area contributed by atoms with Crippen LogP contribution in [-0.4, -0.2) is 12.4 Å². The van der Waals surface area contributed by atoms with Crippen molar-refractivity contribution in [1.29, 1.82) is 0 Å². The molecule has 0 radical (unpaired) electrons. The number of amidine groups is 1. The van der Waals surface area contributed by atoms with Crippen molar-refractivity contribution >= 4 is 5.84 Å². The Balaban J connectivity index is 2.90. The van der Waals surface area contributed by atoms with Gasteiger partial charge in [0.15, 0.2) is 0 Å². The second-order valence-electron chi connectivity index (χ2n) is 4.04. The van der Waals surface area contributed by atoms with Crippen LogP contribution in [0, 0.1) is 17.8 Å². The maximum Gasteiger partial charge on any atom is 0.123 e. The van der Waals surface area contributed by atoms with Crippen LogP contribution < -0.4 is 11.5 Å². The van der Waals surface area contributed by atoms with Crippen LogP contribution in [0.4, 0.5) is 0 Å². The molecule has 0 fully saturated rings. The van der Waals surface area contributed by atoms with E-state index in [1.807, 2.05) is 0 Å². The molecule has 3 nitrogen and oxygen atoms in total. The molecule has 3 heteroatoms. The van der Waals surface area contributed by atoms with Crippen molar-refractivity contribution in [3.8, 4) is 0 Å². The molecule has 0 saturated heterocycles. The van der Waals surface area contributed by atoms with Crippen molar-refractivity contribution in [3.63, 3.8) is 0 Å². The molecule has 1 heterocycles. The summed E-state index contributed by atoms with van der Waals surface area (Å²) in [5.41, 5.74) is 12.3. The Kier molecular flexibility index (Phi) is 2.96. The molecule has 0 spiro atoms. The maximum absolute atomic E-state index is 5.74. The molecule has 0 aromatic carbocycles. The van der Waals surface area contributed by atoms with E-state index in [9.17, 15) is 0 Å². The Bertz CT molecular complexity index is 241. The first-order valence-corrected chi connectivity index (χ1v) is 4.80. The second-order valence-corrected chi connectivity index (χ2v) is 4.04. The van der Waals surface area contributed by atoms with Gasteiger partial charge in [0.1, 0.15) is 5.84 Å². The number of hydrogen-bond acceptors (Lipinski definition) is 3. The van der Waals surface area contributed by atoms with Crippen molar-refractivity contribution in [2.75, 3.05) is 6.54 Å². The van der Waals surface area contributed by atoms with E-state index >= 15 is 0 Å². The minimum absolute atomic E-state index is 0.433. The highest BCUT2D eigenvalue weighted by Gasteiger charge is 2.28. The molecule has 0 aliphatic carbocycles. The molecule has 0 aromatic rings. The van der Waals surface area contributed by atoms with Gasteiger partial charge in [-0.15, -0.1) is 0 Å². The average molecular weight is 181 g/mol. The summed E-state index contributed by atoms with van der Waals surface area (Å²) in [7, 11) is 0. The molecule has 0 aromatic heterocycles. The second kappa shape index (κ2) is 3.81. The molecule has 0 bridgehead atoms. The van der Waals surface area contributed by atoms with Crippen LogP contribution in [0.5, 0.6) is 0 Å². The van der Waals surface area contributed by atoms with E-state index in [1.165, 1.54) is 0 Å². The Hall–Kier alpha value is -0.990. The Labute approximate surface area is 79.9 Å². The molecule has 13 heavy (non-hydrogen) atoms. The monoisotopic (exact) mass is 181 g/mol. The van der Waals surface area contributed by atoms with E-state index in [4.69, 9.17) is 11.5 Å². The SMILES string of the molecule is CC(C)[C@@H]1CN=C(N)/C(=C/N)C1C. The van der Waals surface area contributed by atoms with E-state index < -0.39 is 0 Å². The van der Waals surface area contributed by atoms with E-state index in [0.717, 1.165) is 12.1 Å². The molecule has 0 saturated carbocycles. The summed E-state index contributed by atoms with van der Waals surface area (Å²) < 4.78 is 0. The quantitative estimate of drug-likeness (QED) is 0.636. The molecule has 1 aliphatic heterocycles. The van der Waals surface area contributed by atoms with Gasteiger partial charge in [-0.1, -0.05) is 20.8 Å². The van der Waals surface area contributed by atoms with E-state index in [0.29, 0.717) is 23.6 Å². The highest BCUT2D eigenvalue weighted by molar-refractivity contribution is 5.97. The summed E-state index contributed by atoms with van der Waals surface area (Å²) in [5.74, 6) is 2.25. The highest BCUT2D eigenvalue weighted by atomic mass is 14.9. The third-order valence-electron chi connectivity index (χ3n) is 2.94. The lowest BCUT2D eigenvalue weighted by molar-refractivity contribution is 0.308. The molecule has 4 N–H and O–H groups in total. The van der Waals surface area contributed by atoms with Crippen LogP contribution in [-0.2, 0) is 0 Å². The first-order chi connectivity index (χ1) is 6.07. The molecule has 0 amide bonds. The average Bonchev–Trinajstić information content (AvgIpc) is 2.04. The summed E-state index contributed by atoms with van der Waals surface area (Å²) in [6.07, 6.45) is 1.60. The predicted molar refractivity (Wildman–Crippen MR) is 56.3 cm³/mol. The zero-order valence-corrected chi connectivity index (χ0v) is 8.62. The molecule has 1 aliphatic rings. The minimum Gasteiger partial charge on any atom is -0.404 e. The van der Waals surface area contributed by atoms with Crippen LogP contribution in [0.3, 0.4) is 0 Å². The summed E-state index contributed by atoms with van der Waals surface area (Å²) in [5, 5.41) is 0. The van der Waals surface area contributed by atoms with Gasteiger partial charge < -0.3 is 11.5 Å².